The maximum atomic E-state index is 14.5. The van der Waals surface area contributed by atoms with Gasteiger partial charge in [0.15, 0.2) is 0 Å². The Morgan fingerprint density at radius 1 is 0.484 bits per heavy atom. The van der Waals surface area contributed by atoms with Gasteiger partial charge in [-0.1, -0.05) is 74.5 Å². The van der Waals surface area contributed by atoms with Crippen LogP contribution in [0.5, 0.6) is 0 Å². The van der Waals surface area contributed by atoms with E-state index in [0.29, 0.717) is 6.42 Å². The van der Waals surface area contributed by atoms with E-state index < -0.39 is 5.41 Å². The second-order valence-corrected chi connectivity index (χ2v) is 17.0. The summed E-state index contributed by atoms with van der Waals surface area (Å²) in [6.45, 7) is 4.57. The molecule has 0 amide bonds. The van der Waals surface area contributed by atoms with E-state index in [4.69, 9.17) is 0 Å². The van der Waals surface area contributed by atoms with Gasteiger partial charge in [0.25, 0.3) is 0 Å². The standard InChI is InChI=1S/C57H43F3N4/c1-57(2)52-36-48(62(42-14-8-4-9-15-42)45-26-20-39(59)21-27-45)31-33-55(52)64-54-32-30-47(61(41-12-6-3-7-13-41)44-24-18-38(58)19-25-44)34-50(54)51-35-49(37-53(57)56(51)64)63(43-16-10-5-11-17-43)46-28-22-40(60)23-29-46/h3-24,26-37,44H,25H2,1-2H3. The number of hydrogen-bond acceptors (Lipinski definition) is 3. The molecule has 0 spiro atoms. The summed E-state index contributed by atoms with van der Waals surface area (Å²) in [6.07, 6.45) is 5.69. The van der Waals surface area contributed by atoms with Crippen LogP contribution in [0.25, 0.3) is 27.5 Å². The van der Waals surface area contributed by atoms with E-state index >= 15 is 0 Å². The maximum Gasteiger partial charge on any atom is 0.123 e. The predicted octanol–water partition coefficient (Wildman–Crippen LogP) is 16.0. The van der Waals surface area contributed by atoms with Gasteiger partial charge in [0, 0.05) is 61.7 Å². The van der Waals surface area contributed by atoms with Crippen molar-refractivity contribution in [3.63, 3.8) is 0 Å². The van der Waals surface area contributed by atoms with Crippen molar-refractivity contribution in [3.8, 4) is 5.69 Å². The second kappa shape index (κ2) is 15.5. The van der Waals surface area contributed by atoms with Crippen LogP contribution in [-0.2, 0) is 5.41 Å². The smallest absolute Gasteiger partial charge is 0.123 e. The van der Waals surface area contributed by atoms with E-state index in [1.807, 2.05) is 84.9 Å². The highest BCUT2D eigenvalue weighted by atomic mass is 19.1. The Labute approximate surface area is 370 Å². The third kappa shape index (κ3) is 6.63. The van der Waals surface area contributed by atoms with E-state index in [-0.39, 0.29) is 23.5 Å². The van der Waals surface area contributed by atoms with Crippen molar-refractivity contribution in [1.82, 2.24) is 4.57 Å². The molecule has 0 N–H and O–H groups in total. The van der Waals surface area contributed by atoms with Crippen LogP contribution in [0.15, 0.2) is 212 Å². The summed E-state index contributed by atoms with van der Waals surface area (Å²) in [5, 5.41) is 2.14. The third-order valence-corrected chi connectivity index (χ3v) is 12.8. The van der Waals surface area contributed by atoms with Gasteiger partial charge in [-0.05, 0) is 163 Å². The van der Waals surface area contributed by atoms with Crippen LogP contribution in [0.4, 0.5) is 58.7 Å². The molecule has 0 saturated heterocycles. The Balaban J connectivity index is 1.18. The van der Waals surface area contributed by atoms with Gasteiger partial charge in [-0.25, -0.2) is 13.2 Å². The number of halogens is 3. The van der Waals surface area contributed by atoms with Crippen LogP contribution in [0, 0.1) is 11.6 Å². The normalized spacial score (nSPS) is 14.9. The summed E-state index contributed by atoms with van der Waals surface area (Å²) >= 11 is 0. The monoisotopic (exact) mass is 840 g/mol. The Morgan fingerprint density at radius 2 is 0.984 bits per heavy atom. The summed E-state index contributed by atoms with van der Waals surface area (Å²) in [4.78, 5) is 6.65. The van der Waals surface area contributed by atoms with Crippen LogP contribution < -0.4 is 14.7 Å². The predicted molar refractivity (Wildman–Crippen MR) is 258 cm³/mol. The van der Waals surface area contributed by atoms with Crippen LogP contribution in [-0.4, -0.2) is 10.6 Å². The number of para-hydroxylation sites is 3. The first-order chi connectivity index (χ1) is 31.2. The molecular weight excluding hydrogens is 798 g/mol. The number of nitrogens with zero attached hydrogens (tertiary/aromatic N) is 4. The van der Waals surface area contributed by atoms with Gasteiger partial charge in [-0.3, -0.25) is 0 Å². The van der Waals surface area contributed by atoms with Crippen molar-refractivity contribution in [2.24, 2.45) is 0 Å². The molecule has 312 valence electrons. The van der Waals surface area contributed by atoms with Gasteiger partial charge < -0.3 is 19.3 Å². The summed E-state index contributed by atoms with van der Waals surface area (Å²) in [5.41, 5.74) is 12.4. The van der Waals surface area contributed by atoms with E-state index in [1.165, 1.54) is 24.3 Å². The quantitative estimate of drug-likeness (QED) is 0.144. The SMILES string of the molecule is CC1(C)c2cc(N(c3ccccc3)c3ccc(F)cc3)ccc2-n2c3ccc(N(c4ccccc4)C4C=CC(F)=CC4)cc3c3cc(N(c4ccccc4)c4ccc(F)cc4)cc1c32. The minimum absolute atomic E-state index is 0.103. The molecule has 2 aliphatic rings. The first-order valence-electron chi connectivity index (χ1n) is 21.6. The molecule has 0 bridgehead atoms. The topological polar surface area (TPSA) is 14.7 Å². The molecule has 1 aliphatic heterocycles. The zero-order valence-corrected chi connectivity index (χ0v) is 35.3. The molecule has 11 rings (SSSR count). The molecular formula is C57H43F3N4. The largest absolute Gasteiger partial charge is 0.334 e. The van der Waals surface area contributed by atoms with Crippen molar-refractivity contribution in [3.05, 3.63) is 235 Å². The van der Waals surface area contributed by atoms with Gasteiger partial charge in [-0.15, -0.1) is 0 Å². The number of allylic oxidation sites excluding steroid dienone is 2. The number of aromatic nitrogens is 1. The average molecular weight is 841 g/mol. The second-order valence-electron chi connectivity index (χ2n) is 17.0. The number of fused-ring (bicyclic) bond motifs is 5. The van der Waals surface area contributed by atoms with Crippen molar-refractivity contribution >= 4 is 67.3 Å². The number of rotatable bonds is 9. The molecule has 0 saturated carbocycles. The Bertz CT molecular complexity index is 3250. The van der Waals surface area contributed by atoms with E-state index in [1.54, 1.807) is 12.2 Å². The summed E-state index contributed by atoms with van der Waals surface area (Å²) in [7, 11) is 0. The first kappa shape index (κ1) is 39.1. The highest BCUT2D eigenvalue weighted by Crippen LogP contribution is 2.52. The maximum absolute atomic E-state index is 14.5. The lowest BCUT2D eigenvalue weighted by Gasteiger charge is -2.37. The molecule has 7 heteroatoms. The van der Waals surface area contributed by atoms with E-state index in [9.17, 15) is 13.2 Å². The van der Waals surface area contributed by atoms with Gasteiger partial charge in [0.2, 0.25) is 0 Å². The minimum Gasteiger partial charge on any atom is -0.334 e. The van der Waals surface area contributed by atoms with E-state index in [2.05, 4.69) is 118 Å². The molecule has 9 aromatic rings. The van der Waals surface area contributed by atoms with Crippen LogP contribution in [0.3, 0.4) is 0 Å². The molecule has 0 radical (unpaired) electrons. The van der Waals surface area contributed by atoms with Gasteiger partial charge in [0.1, 0.15) is 17.5 Å². The number of benzene rings is 8. The van der Waals surface area contributed by atoms with Gasteiger partial charge >= 0.3 is 0 Å². The fraction of sp³-hybridized carbons (Fsp3) is 0.0877. The minimum atomic E-state index is -0.525. The fourth-order valence-corrected chi connectivity index (χ4v) is 9.75. The van der Waals surface area contributed by atoms with Crippen molar-refractivity contribution in [2.75, 3.05) is 14.7 Å². The lowest BCUT2D eigenvalue weighted by molar-refractivity contribution is 0.627. The highest BCUT2D eigenvalue weighted by Gasteiger charge is 2.37. The molecule has 4 nitrogen and oxygen atoms in total. The summed E-state index contributed by atoms with van der Waals surface area (Å²) in [6, 6.07) is 61.7. The highest BCUT2D eigenvalue weighted by molar-refractivity contribution is 6.14. The van der Waals surface area contributed by atoms with Gasteiger partial charge in [0.05, 0.1) is 22.8 Å². The van der Waals surface area contributed by atoms with Crippen LogP contribution in [0.1, 0.15) is 31.4 Å². The molecule has 2 heterocycles. The van der Waals surface area contributed by atoms with Crippen molar-refractivity contribution < 1.29 is 13.2 Å². The molecule has 1 aliphatic carbocycles. The third-order valence-electron chi connectivity index (χ3n) is 12.8. The van der Waals surface area contributed by atoms with Crippen LogP contribution in [0.2, 0.25) is 0 Å². The number of hydrogen-bond donors (Lipinski definition) is 0. The summed E-state index contributed by atoms with van der Waals surface area (Å²) in [5.74, 6) is -0.814. The average Bonchev–Trinajstić information content (AvgIpc) is 3.65. The summed E-state index contributed by atoms with van der Waals surface area (Å²) < 4.78 is 45.7. The molecule has 0 fully saturated rings. The molecule has 1 atom stereocenters. The Kier molecular flexibility index (Phi) is 9.50. The zero-order chi connectivity index (χ0) is 43.5. The lowest BCUT2D eigenvalue weighted by Crippen LogP contribution is -2.30. The molecule has 64 heavy (non-hydrogen) atoms. The fourth-order valence-electron chi connectivity index (χ4n) is 9.75. The lowest BCUT2D eigenvalue weighted by atomic mass is 9.74. The van der Waals surface area contributed by atoms with E-state index in [0.717, 1.165) is 84.1 Å². The number of anilines is 8. The molecule has 1 unspecified atom stereocenters. The van der Waals surface area contributed by atoms with Crippen LogP contribution >= 0.6 is 0 Å². The van der Waals surface area contributed by atoms with Crippen molar-refractivity contribution in [2.45, 2.75) is 31.7 Å². The molecule has 8 aromatic carbocycles. The Hall–Kier alpha value is -7.77. The Morgan fingerprint density at radius 3 is 1.56 bits per heavy atom. The molecule has 1 aromatic heterocycles. The first-order valence-corrected chi connectivity index (χ1v) is 21.6. The zero-order valence-electron chi connectivity index (χ0n) is 35.3. The van der Waals surface area contributed by atoms with Gasteiger partial charge in [-0.2, -0.15) is 0 Å². The van der Waals surface area contributed by atoms with Crippen molar-refractivity contribution in [1.29, 1.82) is 0 Å².